The molecular formula is C20H22N2O3. The van der Waals surface area contributed by atoms with Gasteiger partial charge in [0.15, 0.2) is 0 Å². The van der Waals surface area contributed by atoms with E-state index in [0.29, 0.717) is 13.2 Å². The van der Waals surface area contributed by atoms with E-state index in [0.717, 1.165) is 23.2 Å². The highest BCUT2D eigenvalue weighted by molar-refractivity contribution is 6.00. The van der Waals surface area contributed by atoms with Gasteiger partial charge in [-0.25, -0.2) is 5.48 Å². The van der Waals surface area contributed by atoms with Gasteiger partial charge in [-0.1, -0.05) is 55.5 Å². The zero-order valence-corrected chi connectivity index (χ0v) is 14.3. The molecule has 2 aromatic rings. The fourth-order valence-corrected chi connectivity index (χ4v) is 3.04. The second kappa shape index (κ2) is 7.94. The second-order valence-electron chi connectivity index (χ2n) is 6.13. The molecule has 1 fully saturated rings. The third kappa shape index (κ3) is 4.06. The summed E-state index contributed by atoms with van der Waals surface area (Å²) in [6.07, 6.45) is 1.05. The molecule has 1 heterocycles. The predicted octanol–water partition coefficient (Wildman–Crippen LogP) is 2.85. The van der Waals surface area contributed by atoms with Crippen LogP contribution in [0, 0.1) is 5.92 Å². The van der Waals surface area contributed by atoms with Gasteiger partial charge in [-0.3, -0.25) is 14.4 Å². The van der Waals surface area contributed by atoms with Crippen LogP contribution < -0.4 is 10.4 Å². The molecule has 0 bridgehead atoms. The second-order valence-corrected chi connectivity index (χ2v) is 6.13. The normalized spacial score (nSPS) is 16.9. The predicted molar refractivity (Wildman–Crippen MR) is 95.7 cm³/mol. The summed E-state index contributed by atoms with van der Waals surface area (Å²) in [7, 11) is 0. The van der Waals surface area contributed by atoms with Crippen molar-refractivity contribution in [3.8, 4) is 0 Å². The summed E-state index contributed by atoms with van der Waals surface area (Å²) in [5, 5.41) is 0. The van der Waals surface area contributed by atoms with Crippen molar-refractivity contribution in [3.63, 3.8) is 0 Å². The Morgan fingerprint density at radius 1 is 1.16 bits per heavy atom. The number of para-hydroxylation sites is 1. The molecule has 1 unspecified atom stereocenters. The molecule has 0 aromatic heterocycles. The van der Waals surface area contributed by atoms with E-state index in [1.165, 1.54) is 0 Å². The van der Waals surface area contributed by atoms with E-state index in [1.807, 2.05) is 54.6 Å². The minimum absolute atomic E-state index is 0.0240. The van der Waals surface area contributed by atoms with Crippen molar-refractivity contribution in [1.82, 2.24) is 5.48 Å². The van der Waals surface area contributed by atoms with Gasteiger partial charge < -0.3 is 4.90 Å². The number of benzene rings is 2. The number of hydrogen-bond acceptors (Lipinski definition) is 3. The summed E-state index contributed by atoms with van der Waals surface area (Å²) in [4.78, 5) is 31.6. The highest BCUT2D eigenvalue weighted by Gasteiger charge is 2.35. The number of anilines is 1. The number of amides is 2. The highest BCUT2D eigenvalue weighted by atomic mass is 16.6. The van der Waals surface area contributed by atoms with E-state index in [-0.39, 0.29) is 18.2 Å². The molecule has 1 aliphatic rings. The first-order valence-corrected chi connectivity index (χ1v) is 8.53. The number of hydroxylamine groups is 1. The maximum atomic E-state index is 12.4. The molecule has 2 amide bonds. The Bertz CT molecular complexity index is 746. The molecule has 25 heavy (non-hydrogen) atoms. The number of rotatable bonds is 6. The van der Waals surface area contributed by atoms with Crippen molar-refractivity contribution in [1.29, 1.82) is 0 Å². The molecule has 1 aliphatic heterocycles. The number of aryl methyl sites for hydroxylation is 1. The van der Waals surface area contributed by atoms with Gasteiger partial charge >= 0.3 is 0 Å². The van der Waals surface area contributed by atoms with Crippen LogP contribution in [0.4, 0.5) is 5.69 Å². The lowest BCUT2D eigenvalue weighted by Gasteiger charge is -2.19. The van der Waals surface area contributed by atoms with Crippen molar-refractivity contribution in [2.75, 3.05) is 11.4 Å². The molecule has 2 aromatic carbocycles. The van der Waals surface area contributed by atoms with Crippen LogP contribution in [0.5, 0.6) is 0 Å². The van der Waals surface area contributed by atoms with Crippen molar-refractivity contribution in [2.45, 2.75) is 26.4 Å². The summed E-state index contributed by atoms with van der Waals surface area (Å²) in [6, 6.07) is 17.4. The molecule has 1 N–H and O–H groups in total. The third-order valence-corrected chi connectivity index (χ3v) is 4.41. The first-order chi connectivity index (χ1) is 12.2. The first-order valence-electron chi connectivity index (χ1n) is 8.53. The molecule has 0 spiro atoms. The Morgan fingerprint density at radius 3 is 2.64 bits per heavy atom. The molecular weight excluding hydrogens is 316 g/mol. The minimum Gasteiger partial charge on any atom is -0.311 e. The SMILES string of the molecule is CCc1ccccc1N1CC(C(=O)NOCc2ccccc2)CC1=O. The molecule has 0 radical (unpaired) electrons. The number of nitrogens with zero attached hydrogens (tertiary/aromatic N) is 1. The number of carbonyl (C=O) groups excluding carboxylic acids is 2. The molecule has 1 atom stereocenters. The maximum absolute atomic E-state index is 12.4. The Labute approximate surface area is 147 Å². The molecule has 1 saturated heterocycles. The van der Waals surface area contributed by atoms with E-state index in [2.05, 4.69) is 12.4 Å². The van der Waals surface area contributed by atoms with Gasteiger partial charge in [-0.15, -0.1) is 0 Å². The standard InChI is InChI=1S/C20H22N2O3/c1-2-16-10-6-7-11-18(16)22-13-17(12-19(22)23)20(24)21-25-14-15-8-4-3-5-9-15/h3-11,17H,2,12-14H2,1H3,(H,21,24). The molecule has 130 valence electrons. The Kier molecular flexibility index (Phi) is 5.46. The quantitative estimate of drug-likeness (QED) is 0.824. The molecule has 5 heteroatoms. The van der Waals surface area contributed by atoms with Crippen LogP contribution in [-0.4, -0.2) is 18.4 Å². The maximum Gasteiger partial charge on any atom is 0.248 e. The van der Waals surface area contributed by atoms with Gasteiger partial charge in [0, 0.05) is 18.7 Å². The van der Waals surface area contributed by atoms with Gasteiger partial charge in [-0.05, 0) is 23.6 Å². The fourth-order valence-electron chi connectivity index (χ4n) is 3.04. The van der Waals surface area contributed by atoms with E-state index in [4.69, 9.17) is 4.84 Å². The fraction of sp³-hybridized carbons (Fsp3) is 0.300. The number of nitrogens with one attached hydrogen (secondary N) is 1. The van der Waals surface area contributed by atoms with Crippen LogP contribution >= 0.6 is 0 Å². The zero-order chi connectivity index (χ0) is 17.6. The smallest absolute Gasteiger partial charge is 0.248 e. The van der Waals surface area contributed by atoms with Crippen molar-refractivity contribution < 1.29 is 14.4 Å². The van der Waals surface area contributed by atoms with Crippen molar-refractivity contribution in [3.05, 3.63) is 65.7 Å². The van der Waals surface area contributed by atoms with Crippen LogP contribution in [0.25, 0.3) is 0 Å². The van der Waals surface area contributed by atoms with Gasteiger partial charge in [0.25, 0.3) is 0 Å². The number of carbonyl (C=O) groups is 2. The van der Waals surface area contributed by atoms with Gasteiger partial charge in [0.1, 0.15) is 0 Å². The Hall–Kier alpha value is -2.66. The summed E-state index contributed by atoms with van der Waals surface area (Å²) >= 11 is 0. The minimum atomic E-state index is -0.395. The zero-order valence-electron chi connectivity index (χ0n) is 14.3. The topological polar surface area (TPSA) is 58.6 Å². The van der Waals surface area contributed by atoms with E-state index < -0.39 is 5.92 Å². The molecule has 3 rings (SSSR count). The summed E-state index contributed by atoms with van der Waals surface area (Å²) in [5.41, 5.74) is 5.46. The molecule has 0 saturated carbocycles. The van der Waals surface area contributed by atoms with Crippen LogP contribution in [0.2, 0.25) is 0 Å². The van der Waals surface area contributed by atoms with Gasteiger partial charge in [0.05, 0.1) is 12.5 Å². The van der Waals surface area contributed by atoms with Gasteiger partial charge in [0.2, 0.25) is 11.8 Å². The lowest BCUT2D eigenvalue weighted by molar-refractivity contribution is -0.138. The largest absolute Gasteiger partial charge is 0.311 e. The van der Waals surface area contributed by atoms with Crippen molar-refractivity contribution >= 4 is 17.5 Å². The van der Waals surface area contributed by atoms with Crippen LogP contribution in [0.3, 0.4) is 0 Å². The monoisotopic (exact) mass is 338 g/mol. The van der Waals surface area contributed by atoms with Crippen LogP contribution in [0.1, 0.15) is 24.5 Å². The summed E-state index contributed by atoms with van der Waals surface area (Å²) in [5.74, 6) is -0.668. The van der Waals surface area contributed by atoms with E-state index in [9.17, 15) is 9.59 Å². The lowest BCUT2D eigenvalue weighted by atomic mass is 10.1. The van der Waals surface area contributed by atoms with E-state index in [1.54, 1.807) is 4.90 Å². The molecule has 0 aliphatic carbocycles. The van der Waals surface area contributed by atoms with Crippen LogP contribution in [-0.2, 0) is 27.5 Å². The summed E-state index contributed by atoms with van der Waals surface area (Å²) < 4.78 is 0. The first kappa shape index (κ1) is 17.2. The van der Waals surface area contributed by atoms with E-state index >= 15 is 0 Å². The number of hydrogen-bond donors (Lipinski definition) is 1. The average Bonchev–Trinajstić information content (AvgIpc) is 3.04. The summed E-state index contributed by atoms with van der Waals surface area (Å²) in [6.45, 7) is 2.74. The highest BCUT2D eigenvalue weighted by Crippen LogP contribution is 2.28. The van der Waals surface area contributed by atoms with Crippen molar-refractivity contribution in [2.24, 2.45) is 5.92 Å². The van der Waals surface area contributed by atoms with Crippen LogP contribution in [0.15, 0.2) is 54.6 Å². The lowest BCUT2D eigenvalue weighted by Crippen LogP contribution is -2.33. The van der Waals surface area contributed by atoms with Gasteiger partial charge in [-0.2, -0.15) is 0 Å². The average molecular weight is 338 g/mol. The Balaban J connectivity index is 1.57. The third-order valence-electron chi connectivity index (χ3n) is 4.41. The molecule has 5 nitrogen and oxygen atoms in total. The Morgan fingerprint density at radius 2 is 1.88 bits per heavy atom.